The highest BCUT2D eigenvalue weighted by Crippen LogP contribution is 2.28. The first-order valence-corrected chi connectivity index (χ1v) is 9.59. The lowest BCUT2D eigenvalue weighted by Crippen LogP contribution is -2.50. The fourth-order valence-corrected chi connectivity index (χ4v) is 4.22. The predicted molar refractivity (Wildman–Crippen MR) is 94.4 cm³/mol. The lowest BCUT2D eigenvalue weighted by Gasteiger charge is -2.34. The van der Waals surface area contributed by atoms with E-state index in [0.29, 0.717) is 32.0 Å². The Morgan fingerprint density at radius 1 is 1.46 bits per heavy atom. The van der Waals surface area contributed by atoms with Gasteiger partial charge in [0.05, 0.1) is 24.1 Å². The van der Waals surface area contributed by atoms with Crippen LogP contribution in [0.5, 0.6) is 0 Å². The predicted octanol–water partition coefficient (Wildman–Crippen LogP) is 2.24. The fourth-order valence-electron chi connectivity index (χ4n) is 2.61. The van der Waals surface area contributed by atoms with Gasteiger partial charge in [-0.15, -0.1) is 22.7 Å². The minimum absolute atomic E-state index is 0.0663. The summed E-state index contributed by atoms with van der Waals surface area (Å²) in [7, 11) is 0. The number of nitrogens with one attached hydrogen (secondary N) is 1. The third kappa shape index (κ3) is 3.82. The first-order chi connectivity index (χ1) is 11.7. The number of hydrogen-bond donors (Lipinski definition) is 1. The smallest absolute Gasteiger partial charge is 0.273 e. The van der Waals surface area contributed by atoms with Crippen LogP contribution in [0.1, 0.15) is 23.8 Å². The van der Waals surface area contributed by atoms with Crippen LogP contribution in [0.3, 0.4) is 0 Å². The van der Waals surface area contributed by atoms with Gasteiger partial charge in [0.1, 0.15) is 10.7 Å². The zero-order valence-electron chi connectivity index (χ0n) is 13.4. The molecule has 1 unspecified atom stereocenters. The molecule has 6 nitrogen and oxygen atoms in total. The van der Waals surface area contributed by atoms with Crippen LogP contribution in [-0.4, -0.2) is 54.0 Å². The van der Waals surface area contributed by atoms with Crippen LogP contribution in [0.15, 0.2) is 22.9 Å². The summed E-state index contributed by atoms with van der Waals surface area (Å²) in [5.41, 5.74) is 0.436. The van der Waals surface area contributed by atoms with Crippen molar-refractivity contribution in [1.29, 1.82) is 0 Å². The molecule has 1 aliphatic heterocycles. The molecule has 0 saturated carbocycles. The molecule has 0 aliphatic carbocycles. The Kier molecular flexibility index (Phi) is 5.60. The van der Waals surface area contributed by atoms with Crippen LogP contribution >= 0.6 is 22.7 Å². The van der Waals surface area contributed by atoms with Crippen molar-refractivity contribution in [2.75, 3.05) is 26.3 Å². The van der Waals surface area contributed by atoms with Gasteiger partial charge in [0.25, 0.3) is 5.91 Å². The Bertz CT molecular complexity index is 699. The minimum Gasteiger partial charge on any atom is -0.377 e. The van der Waals surface area contributed by atoms with Crippen LogP contribution in [-0.2, 0) is 9.53 Å². The van der Waals surface area contributed by atoms with E-state index in [9.17, 15) is 9.59 Å². The molecule has 2 amide bonds. The topological polar surface area (TPSA) is 71.5 Å². The molecular weight excluding hydrogens is 346 g/mol. The van der Waals surface area contributed by atoms with Gasteiger partial charge in [0.15, 0.2) is 0 Å². The van der Waals surface area contributed by atoms with E-state index < -0.39 is 0 Å². The van der Waals surface area contributed by atoms with Crippen LogP contribution in [0.25, 0.3) is 9.88 Å². The molecule has 0 radical (unpaired) electrons. The summed E-state index contributed by atoms with van der Waals surface area (Å²) in [5, 5.41) is 7.40. The van der Waals surface area contributed by atoms with E-state index in [1.807, 2.05) is 24.4 Å². The summed E-state index contributed by atoms with van der Waals surface area (Å²) >= 11 is 3.07. The van der Waals surface area contributed by atoms with Crippen molar-refractivity contribution in [1.82, 2.24) is 15.2 Å². The molecule has 1 N–H and O–H groups in total. The number of thiazole rings is 1. The molecule has 24 heavy (non-hydrogen) atoms. The fraction of sp³-hybridized carbons (Fsp3) is 0.438. The van der Waals surface area contributed by atoms with Gasteiger partial charge in [-0.1, -0.05) is 6.07 Å². The van der Waals surface area contributed by atoms with Gasteiger partial charge >= 0.3 is 0 Å². The van der Waals surface area contributed by atoms with Crippen molar-refractivity contribution >= 4 is 34.5 Å². The van der Waals surface area contributed by atoms with Crippen molar-refractivity contribution < 1.29 is 14.3 Å². The van der Waals surface area contributed by atoms with Crippen molar-refractivity contribution in [3.05, 3.63) is 28.6 Å². The first-order valence-electron chi connectivity index (χ1n) is 7.84. The van der Waals surface area contributed by atoms with E-state index in [1.54, 1.807) is 21.6 Å². The van der Waals surface area contributed by atoms with Gasteiger partial charge < -0.3 is 15.0 Å². The summed E-state index contributed by atoms with van der Waals surface area (Å²) in [6, 6.07) is 3.71. The molecule has 2 aromatic rings. The molecular formula is C16H19N3O3S2. The Labute approximate surface area is 148 Å². The lowest BCUT2D eigenvalue weighted by atomic mass is 10.1. The maximum Gasteiger partial charge on any atom is 0.273 e. The second-order valence-electron chi connectivity index (χ2n) is 5.40. The van der Waals surface area contributed by atoms with Crippen LogP contribution in [0, 0.1) is 0 Å². The van der Waals surface area contributed by atoms with Crippen molar-refractivity contribution in [2.24, 2.45) is 0 Å². The molecule has 3 rings (SSSR count). The van der Waals surface area contributed by atoms with Crippen LogP contribution < -0.4 is 5.32 Å². The minimum atomic E-state index is -0.246. The number of hydrogen-bond acceptors (Lipinski definition) is 6. The van der Waals surface area contributed by atoms with Gasteiger partial charge in [0, 0.05) is 24.9 Å². The average Bonchev–Trinajstić information content (AvgIpc) is 3.26. The Morgan fingerprint density at radius 2 is 2.33 bits per heavy atom. The van der Waals surface area contributed by atoms with Gasteiger partial charge in [0.2, 0.25) is 5.91 Å². The maximum atomic E-state index is 12.8. The maximum absolute atomic E-state index is 12.8. The largest absolute Gasteiger partial charge is 0.377 e. The van der Waals surface area contributed by atoms with E-state index in [-0.39, 0.29) is 24.3 Å². The summed E-state index contributed by atoms with van der Waals surface area (Å²) < 4.78 is 5.45. The average molecular weight is 365 g/mol. The van der Waals surface area contributed by atoms with Gasteiger partial charge in [-0.3, -0.25) is 9.59 Å². The Hall–Kier alpha value is -1.77. The summed E-state index contributed by atoms with van der Waals surface area (Å²) in [6.45, 7) is 3.80. The third-order valence-electron chi connectivity index (χ3n) is 3.74. The number of nitrogens with zero attached hydrogens (tertiary/aromatic N) is 2. The number of ether oxygens (including phenoxy) is 1. The van der Waals surface area contributed by atoms with Gasteiger partial charge in [-0.25, -0.2) is 4.98 Å². The standard InChI is InChI=1S/C16H19N3O3S2/c1-2-17-14(20)8-11-9-22-6-5-19(11)16(21)12-10-24-15(18-12)13-4-3-7-23-13/h3-4,7,10-11H,2,5-6,8-9H2,1H3,(H,17,20). The molecule has 8 heteroatoms. The molecule has 1 atom stereocenters. The molecule has 2 aromatic heterocycles. The number of aromatic nitrogens is 1. The Morgan fingerprint density at radius 3 is 3.08 bits per heavy atom. The van der Waals surface area contributed by atoms with E-state index in [2.05, 4.69) is 10.3 Å². The molecule has 1 saturated heterocycles. The van der Waals surface area contributed by atoms with Crippen molar-refractivity contribution in [2.45, 2.75) is 19.4 Å². The number of rotatable bonds is 5. The second-order valence-corrected chi connectivity index (χ2v) is 7.21. The van der Waals surface area contributed by atoms with Crippen LogP contribution in [0.2, 0.25) is 0 Å². The zero-order chi connectivity index (χ0) is 16.9. The molecule has 1 aliphatic rings. The van der Waals surface area contributed by atoms with E-state index in [0.717, 1.165) is 9.88 Å². The van der Waals surface area contributed by atoms with E-state index in [1.165, 1.54) is 11.3 Å². The van der Waals surface area contributed by atoms with Crippen molar-refractivity contribution in [3.63, 3.8) is 0 Å². The highest BCUT2D eigenvalue weighted by Gasteiger charge is 2.31. The van der Waals surface area contributed by atoms with E-state index in [4.69, 9.17) is 4.74 Å². The van der Waals surface area contributed by atoms with Gasteiger partial charge in [-0.2, -0.15) is 0 Å². The quantitative estimate of drug-likeness (QED) is 0.882. The normalized spacial score (nSPS) is 17.7. The zero-order valence-corrected chi connectivity index (χ0v) is 15.0. The summed E-state index contributed by atoms with van der Waals surface area (Å²) in [5.74, 6) is -0.199. The Balaban J connectivity index is 1.73. The highest BCUT2D eigenvalue weighted by atomic mass is 32.1. The number of carbonyl (C=O) groups excluding carboxylic acids is 2. The highest BCUT2D eigenvalue weighted by molar-refractivity contribution is 7.20. The number of amides is 2. The molecule has 0 spiro atoms. The van der Waals surface area contributed by atoms with Gasteiger partial charge in [-0.05, 0) is 18.4 Å². The number of morpholine rings is 1. The molecule has 0 bridgehead atoms. The first kappa shape index (κ1) is 17.1. The molecule has 0 aromatic carbocycles. The van der Waals surface area contributed by atoms with E-state index >= 15 is 0 Å². The summed E-state index contributed by atoms with van der Waals surface area (Å²) in [6.07, 6.45) is 0.251. The number of carbonyl (C=O) groups is 2. The lowest BCUT2D eigenvalue weighted by molar-refractivity contribution is -0.123. The van der Waals surface area contributed by atoms with Crippen LogP contribution in [0.4, 0.5) is 0 Å². The molecule has 1 fully saturated rings. The number of thiophene rings is 1. The third-order valence-corrected chi connectivity index (χ3v) is 5.62. The monoisotopic (exact) mass is 365 g/mol. The SMILES string of the molecule is CCNC(=O)CC1COCCN1C(=O)c1csc(-c2cccs2)n1. The second kappa shape index (κ2) is 7.87. The molecule has 128 valence electrons. The van der Waals surface area contributed by atoms with Crippen molar-refractivity contribution in [3.8, 4) is 9.88 Å². The molecule has 3 heterocycles. The summed E-state index contributed by atoms with van der Waals surface area (Å²) in [4.78, 5) is 31.9.